The lowest BCUT2D eigenvalue weighted by molar-refractivity contribution is -0.144. The Morgan fingerprint density at radius 3 is 1.62 bits per heavy atom. The highest BCUT2D eigenvalue weighted by Gasteiger charge is 2.36. The molecule has 1 N–H and O–H groups in total. The topological polar surface area (TPSA) is 61.9 Å². The molecule has 1 aromatic rings. The van der Waals surface area contributed by atoms with Crippen LogP contribution in [0.4, 0.5) is 0 Å². The molecule has 0 bridgehead atoms. The van der Waals surface area contributed by atoms with E-state index in [1.54, 1.807) is 7.11 Å². The van der Waals surface area contributed by atoms with Gasteiger partial charge in [-0.05, 0) is 88.7 Å². The number of hydrogen-bond donors (Lipinski definition) is 1. The highest BCUT2D eigenvalue weighted by atomic mass is 16.5. The minimum absolute atomic E-state index is 0.0631. The maximum atomic E-state index is 14.7. The predicted octanol–water partition coefficient (Wildman–Crippen LogP) is 12.9. The van der Waals surface area contributed by atoms with Crippen molar-refractivity contribution in [2.24, 2.45) is 5.92 Å². The van der Waals surface area contributed by atoms with E-state index >= 15 is 0 Å². The summed E-state index contributed by atoms with van der Waals surface area (Å²) in [5.41, 5.74) is 1.18. The maximum Gasteiger partial charge on any atom is 0.242 e. The first kappa shape index (κ1) is 49.1. The van der Waals surface area contributed by atoms with E-state index in [1.165, 1.54) is 128 Å². The SMILES string of the molecule is CCCCCCCCCCCCCCCC(=O)N(C(CCCCCCC)CCCCCCC)C(CC1CCN(C)CC1)C(=O)NCCc1ccc(OC)cc1. The van der Waals surface area contributed by atoms with Gasteiger partial charge in [0.2, 0.25) is 11.8 Å². The van der Waals surface area contributed by atoms with Crippen LogP contribution in [0.5, 0.6) is 5.75 Å². The third-order valence-corrected chi connectivity index (χ3v) is 12.4. The summed E-state index contributed by atoms with van der Waals surface area (Å²) in [6.07, 6.45) is 35.5. The molecule has 1 atom stereocenters. The first-order chi connectivity index (χ1) is 26.9. The highest BCUT2D eigenvalue weighted by Crippen LogP contribution is 2.29. The Hall–Kier alpha value is -2.08. The third kappa shape index (κ3) is 23.1. The number of piperidine rings is 1. The van der Waals surface area contributed by atoms with Crippen LogP contribution in [0.25, 0.3) is 0 Å². The summed E-state index contributed by atoms with van der Waals surface area (Å²) in [5, 5.41) is 3.36. The van der Waals surface area contributed by atoms with Crippen LogP contribution >= 0.6 is 0 Å². The Balaban J connectivity index is 2.17. The summed E-state index contributed by atoms with van der Waals surface area (Å²) in [5.74, 6) is 1.61. The molecule has 55 heavy (non-hydrogen) atoms. The fraction of sp³-hybridized carbons (Fsp3) is 0.837. The monoisotopic (exact) mass is 768 g/mol. The molecule has 0 spiro atoms. The second kappa shape index (κ2) is 32.9. The normalized spacial score (nSPS) is 14.4. The molecule has 1 saturated heterocycles. The zero-order valence-electron chi connectivity index (χ0n) is 37.0. The molecule has 6 nitrogen and oxygen atoms in total. The number of likely N-dealkylation sites (tertiary alicyclic amines) is 1. The predicted molar refractivity (Wildman–Crippen MR) is 236 cm³/mol. The molecule has 318 valence electrons. The molecule has 0 aliphatic carbocycles. The number of carbonyl (C=O) groups excluding carboxylic acids is 2. The summed E-state index contributed by atoms with van der Waals surface area (Å²) in [7, 11) is 3.90. The minimum atomic E-state index is -0.393. The number of benzene rings is 1. The van der Waals surface area contributed by atoms with Crippen molar-refractivity contribution in [3.8, 4) is 5.75 Å². The molecular formula is C49H89N3O3. The highest BCUT2D eigenvalue weighted by molar-refractivity contribution is 5.88. The van der Waals surface area contributed by atoms with Gasteiger partial charge in [0.1, 0.15) is 11.8 Å². The number of methoxy groups -OCH3 is 1. The maximum absolute atomic E-state index is 14.7. The van der Waals surface area contributed by atoms with Gasteiger partial charge in [0.25, 0.3) is 0 Å². The number of nitrogens with one attached hydrogen (secondary N) is 1. The van der Waals surface area contributed by atoms with Gasteiger partial charge < -0.3 is 19.9 Å². The lowest BCUT2D eigenvalue weighted by Gasteiger charge is -2.40. The van der Waals surface area contributed by atoms with Gasteiger partial charge in [-0.3, -0.25) is 9.59 Å². The van der Waals surface area contributed by atoms with Crippen molar-refractivity contribution < 1.29 is 14.3 Å². The molecule has 6 heteroatoms. The summed E-state index contributed by atoms with van der Waals surface area (Å²) in [6, 6.07) is 7.89. The van der Waals surface area contributed by atoms with Crippen molar-refractivity contribution in [3.63, 3.8) is 0 Å². The van der Waals surface area contributed by atoms with Crippen LogP contribution < -0.4 is 10.1 Å². The van der Waals surface area contributed by atoms with Crippen LogP contribution in [0.15, 0.2) is 24.3 Å². The third-order valence-electron chi connectivity index (χ3n) is 12.4. The zero-order valence-corrected chi connectivity index (χ0v) is 37.0. The molecule has 2 amide bonds. The van der Waals surface area contributed by atoms with Crippen molar-refractivity contribution in [2.45, 2.75) is 225 Å². The van der Waals surface area contributed by atoms with Crippen molar-refractivity contribution >= 4 is 11.8 Å². The van der Waals surface area contributed by atoms with Crippen LogP contribution in [0.2, 0.25) is 0 Å². The average molecular weight is 768 g/mol. The van der Waals surface area contributed by atoms with Crippen LogP contribution in [0.1, 0.15) is 213 Å². The number of carbonyl (C=O) groups is 2. The number of unbranched alkanes of at least 4 members (excludes halogenated alkanes) is 20. The van der Waals surface area contributed by atoms with E-state index in [-0.39, 0.29) is 17.9 Å². The summed E-state index contributed by atoms with van der Waals surface area (Å²) >= 11 is 0. The quantitative estimate of drug-likeness (QED) is 0.0699. The van der Waals surface area contributed by atoms with Crippen molar-refractivity contribution in [1.82, 2.24) is 15.1 Å². The first-order valence-corrected chi connectivity index (χ1v) is 23.8. The molecular weight excluding hydrogens is 679 g/mol. The first-order valence-electron chi connectivity index (χ1n) is 23.8. The lowest BCUT2D eigenvalue weighted by atomic mass is 9.87. The van der Waals surface area contributed by atoms with Gasteiger partial charge in [-0.1, -0.05) is 174 Å². The largest absolute Gasteiger partial charge is 0.497 e. The van der Waals surface area contributed by atoms with E-state index in [2.05, 4.69) is 55.1 Å². The van der Waals surface area contributed by atoms with Crippen LogP contribution in [0, 0.1) is 5.92 Å². The number of rotatable bonds is 35. The van der Waals surface area contributed by atoms with Gasteiger partial charge >= 0.3 is 0 Å². The number of nitrogens with zero attached hydrogens (tertiary/aromatic N) is 2. The van der Waals surface area contributed by atoms with E-state index in [0.717, 1.165) is 83.0 Å². The number of hydrogen-bond acceptors (Lipinski definition) is 4. The smallest absolute Gasteiger partial charge is 0.242 e. The zero-order chi connectivity index (χ0) is 39.8. The van der Waals surface area contributed by atoms with Crippen molar-refractivity contribution in [2.75, 3.05) is 33.8 Å². The van der Waals surface area contributed by atoms with Gasteiger partial charge in [0.05, 0.1) is 7.11 Å². The van der Waals surface area contributed by atoms with Crippen LogP contribution in [-0.4, -0.2) is 67.5 Å². The van der Waals surface area contributed by atoms with Gasteiger partial charge in [0, 0.05) is 19.0 Å². The molecule has 2 rings (SSSR count). The molecule has 1 aliphatic rings. The van der Waals surface area contributed by atoms with E-state index < -0.39 is 6.04 Å². The Labute approximate surface area is 341 Å². The standard InChI is InChI=1S/C49H89N3O3/c1-6-9-12-15-16-17-18-19-20-21-22-25-28-31-48(53)52(45(29-26-23-13-10-7-2)30-27-24-14-11-8-3)47(42-44-37-40-51(4)41-38-44)49(54)50-39-36-43-32-34-46(55-5)35-33-43/h32-35,44-45,47H,6-31,36-42H2,1-5H3,(H,50,54). The molecule has 1 fully saturated rings. The molecule has 1 aromatic carbocycles. The molecule has 0 aromatic heterocycles. The Morgan fingerprint density at radius 2 is 1.15 bits per heavy atom. The molecule has 1 heterocycles. The second-order valence-corrected chi connectivity index (χ2v) is 17.2. The summed E-state index contributed by atoms with van der Waals surface area (Å²) in [6.45, 7) is 9.56. The Kier molecular flexibility index (Phi) is 29.4. The van der Waals surface area contributed by atoms with Gasteiger partial charge in [-0.2, -0.15) is 0 Å². The second-order valence-electron chi connectivity index (χ2n) is 17.2. The van der Waals surface area contributed by atoms with Gasteiger partial charge in [0.15, 0.2) is 0 Å². The van der Waals surface area contributed by atoms with Crippen LogP contribution in [-0.2, 0) is 16.0 Å². The van der Waals surface area contributed by atoms with Crippen molar-refractivity contribution in [3.05, 3.63) is 29.8 Å². The van der Waals surface area contributed by atoms with Crippen LogP contribution in [0.3, 0.4) is 0 Å². The Bertz CT molecular complexity index is 1040. The van der Waals surface area contributed by atoms with E-state index in [1.807, 2.05) is 12.1 Å². The Morgan fingerprint density at radius 1 is 0.691 bits per heavy atom. The lowest BCUT2D eigenvalue weighted by Crippen LogP contribution is -2.55. The van der Waals surface area contributed by atoms with E-state index in [0.29, 0.717) is 18.9 Å². The van der Waals surface area contributed by atoms with Crippen molar-refractivity contribution in [1.29, 1.82) is 0 Å². The number of ether oxygens (including phenoxy) is 1. The molecule has 1 unspecified atom stereocenters. The minimum Gasteiger partial charge on any atom is -0.497 e. The number of amides is 2. The van der Waals surface area contributed by atoms with E-state index in [9.17, 15) is 9.59 Å². The molecule has 0 radical (unpaired) electrons. The van der Waals surface area contributed by atoms with Gasteiger partial charge in [-0.15, -0.1) is 0 Å². The summed E-state index contributed by atoms with van der Waals surface area (Å²) in [4.78, 5) is 33.8. The average Bonchev–Trinajstić information content (AvgIpc) is 3.19. The molecule has 0 saturated carbocycles. The summed E-state index contributed by atoms with van der Waals surface area (Å²) < 4.78 is 5.35. The molecule has 1 aliphatic heterocycles. The van der Waals surface area contributed by atoms with Gasteiger partial charge in [-0.25, -0.2) is 0 Å². The fourth-order valence-corrected chi connectivity index (χ4v) is 8.65. The fourth-order valence-electron chi connectivity index (χ4n) is 8.65. The van der Waals surface area contributed by atoms with E-state index in [4.69, 9.17) is 4.74 Å².